The lowest BCUT2D eigenvalue weighted by molar-refractivity contribution is 0.626. The molecule has 2 N–H and O–H groups in total. The fourth-order valence-corrected chi connectivity index (χ4v) is 2.74. The van der Waals surface area contributed by atoms with Crippen molar-refractivity contribution in [3.63, 3.8) is 0 Å². The number of rotatable bonds is 4. The van der Waals surface area contributed by atoms with Crippen LogP contribution in [0.3, 0.4) is 0 Å². The largest absolute Gasteiger partial charge is 0.390 e. The predicted octanol–water partition coefficient (Wildman–Crippen LogP) is 3.19. The molecule has 88 valence electrons. The molecule has 1 heterocycles. The number of aliphatic imine (C=N–C) groups is 1. The number of benzene rings is 1. The highest BCUT2D eigenvalue weighted by Gasteiger charge is 2.01. The first-order chi connectivity index (χ1) is 8.28. The minimum atomic E-state index is -0.220. The van der Waals surface area contributed by atoms with E-state index < -0.39 is 0 Å². The molecule has 0 saturated heterocycles. The highest BCUT2D eigenvalue weighted by atomic mass is 32.2. The van der Waals surface area contributed by atoms with E-state index >= 15 is 0 Å². The minimum Gasteiger partial charge on any atom is -0.390 e. The SMILES string of the molecule is NC=Nc1nc(CSc2ccc(F)cc2)cs1. The number of nitrogens with two attached hydrogens (primary N) is 1. The molecule has 2 rings (SSSR count). The van der Waals surface area contributed by atoms with Gasteiger partial charge in [-0.25, -0.2) is 14.4 Å². The Labute approximate surface area is 107 Å². The molecule has 0 radical (unpaired) electrons. The van der Waals surface area contributed by atoms with Crippen molar-refractivity contribution in [1.29, 1.82) is 0 Å². The fourth-order valence-electron chi connectivity index (χ4n) is 1.17. The summed E-state index contributed by atoms with van der Waals surface area (Å²) in [5.74, 6) is 0.518. The molecule has 0 saturated carbocycles. The van der Waals surface area contributed by atoms with Gasteiger partial charge in [0.2, 0.25) is 5.13 Å². The zero-order valence-electron chi connectivity index (χ0n) is 8.84. The third-order valence-electron chi connectivity index (χ3n) is 1.92. The van der Waals surface area contributed by atoms with Gasteiger partial charge in [0, 0.05) is 16.0 Å². The minimum absolute atomic E-state index is 0.220. The van der Waals surface area contributed by atoms with Crippen LogP contribution in [0.15, 0.2) is 39.5 Å². The van der Waals surface area contributed by atoms with Crippen molar-refractivity contribution in [2.24, 2.45) is 10.7 Å². The Bertz CT molecular complexity index is 508. The van der Waals surface area contributed by atoms with Crippen LogP contribution in [0.4, 0.5) is 9.52 Å². The summed E-state index contributed by atoms with van der Waals surface area (Å²) in [4.78, 5) is 9.19. The van der Waals surface area contributed by atoms with Crippen LogP contribution >= 0.6 is 23.1 Å². The first kappa shape index (κ1) is 12.1. The standard InChI is InChI=1S/C11H10FN3S2/c12-8-1-3-10(4-2-8)16-5-9-6-17-11(15-9)14-7-13/h1-4,6-7H,5H2,(H2,13,14,15). The van der Waals surface area contributed by atoms with Crippen molar-refractivity contribution >= 4 is 34.6 Å². The van der Waals surface area contributed by atoms with E-state index in [2.05, 4.69) is 9.98 Å². The van der Waals surface area contributed by atoms with Crippen LogP contribution in [0.25, 0.3) is 0 Å². The number of hydrogen-bond acceptors (Lipinski definition) is 4. The summed E-state index contributed by atoms with van der Waals surface area (Å²) in [5, 5.41) is 2.60. The average Bonchev–Trinajstić information content (AvgIpc) is 2.77. The predicted molar refractivity (Wildman–Crippen MR) is 70.4 cm³/mol. The monoisotopic (exact) mass is 267 g/mol. The van der Waals surface area contributed by atoms with Gasteiger partial charge in [-0.05, 0) is 24.3 Å². The van der Waals surface area contributed by atoms with Gasteiger partial charge in [-0.15, -0.1) is 23.1 Å². The second-order valence-corrected chi connectivity index (χ2v) is 5.03. The molecule has 17 heavy (non-hydrogen) atoms. The van der Waals surface area contributed by atoms with Crippen molar-refractivity contribution in [2.45, 2.75) is 10.6 Å². The highest BCUT2D eigenvalue weighted by molar-refractivity contribution is 7.98. The van der Waals surface area contributed by atoms with Gasteiger partial charge in [-0.2, -0.15) is 0 Å². The third kappa shape index (κ3) is 3.54. The van der Waals surface area contributed by atoms with E-state index in [0.717, 1.165) is 16.3 Å². The lowest BCUT2D eigenvalue weighted by Crippen LogP contribution is -1.86. The maximum atomic E-state index is 12.7. The maximum absolute atomic E-state index is 12.7. The zero-order valence-corrected chi connectivity index (χ0v) is 10.5. The molecular weight excluding hydrogens is 257 g/mol. The van der Waals surface area contributed by atoms with Gasteiger partial charge in [0.25, 0.3) is 0 Å². The molecule has 3 nitrogen and oxygen atoms in total. The molecule has 0 aliphatic carbocycles. The summed E-state index contributed by atoms with van der Waals surface area (Å²) in [7, 11) is 0. The van der Waals surface area contributed by atoms with E-state index in [1.807, 2.05) is 5.38 Å². The van der Waals surface area contributed by atoms with E-state index in [1.54, 1.807) is 23.9 Å². The van der Waals surface area contributed by atoms with E-state index in [4.69, 9.17) is 5.73 Å². The molecule has 0 spiro atoms. The molecule has 0 fully saturated rings. The summed E-state index contributed by atoms with van der Waals surface area (Å²) in [6.07, 6.45) is 1.23. The molecule has 0 unspecified atom stereocenters. The van der Waals surface area contributed by atoms with Crippen LogP contribution in [-0.4, -0.2) is 11.3 Å². The number of aromatic nitrogens is 1. The van der Waals surface area contributed by atoms with Gasteiger partial charge in [0.15, 0.2) is 0 Å². The number of thioether (sulfide) groups is 1. The van der Waals surface area contributed by atoms with Gasteiger partial charge in [-0.3, -0.25) is 0 Å². The lowest BCUT2D eigenvalue weighted by Gasteiger charge is -1.98. The molecule has 0 aliphatic heterocycles. The Balaban J connectivity index is 1.95. The molecule has 0 bridgehead atoms. The van der Waals surface area contributed by atoms with Gasteiger partial charge >= 0.3 is 0 Å². The third-order valence-corrected chi connectivity index (χ3v) is 3.77. The molecular formula is C11H10FN3S2. The molecule has 0 atom stereocenters. The highest BCUT2D eigenvalue weighted by Crippen LogP contribution is 2.26. The van der Waals surface area contributed by atoms with Gasteiger partial charge in [0.1, 0.15) is 5.82 Å². The van der Waals surface area contributed by atoms with Gasteiger partial charge in [0.05, 0.1) is 12.0 Å². The number of nitrogens with zero attached hydrogens (tertiary/aromatic N) is 2. The van der Waals surface area contributed by atoms with Crippen molar-refractivity contribution in [2.75, 3.05) is 0 Å². The summed E-state index contributed by atoms with van der Waals surface area (Å²) >= 11 is 3.06. The molecule has 2 aromatic rings. The van der Waals surface area contributed by atoms with E-state index in [0.29, 0.717) is 5.13 Å². The number of halogens is 1. The summed E-state index contributed by atoms with van der Waals surface area (Å²) < 4.78 is 12.7. The molecule has 6 heteroatoms. The Hall–Kier alpha value is -1.40. The Morgan fingerprint density at radius 3 is 2.88 bits per heavy atom. The van der Waals surface area contributed by atoms with Crippen LogP contribution < -0.4 is 5.73 Å². The molecule has 1 aromatic carbocycles. The van der Waals surface area contributed by atoms with E-state index in [9.17, 15) is 4.39 Å². The van der Waals surface area contributed by atoms with Crippen molar-refractivity contribution < 1.29 is 4.39 Å². The van der Waals surface area contributed by atoms with Crippen LogP contribution in [0.2, 0.25) is 0 Å². The van der Waals surface area contributed by atoms with Crippen LogP contribution in [0, 0.1) is 5.82 Å². The van der Waals surface area contributed by atoms with Crippen molar-refractivity contribution in [3.05, 3.63) is 41.2 Å². The second-order valence-electron chi connectivity index (χ2n) is 3.14. The number of thiazole rings is 1. The summed E-state index contributed by atoms with van der Waals surface area (Å²) in [6.45, 7) is 0. The van der Waals surface area contributed by atoms with Gasteiger partial charge < -0.3 is 5.73 Å². The summed E-state index contributed by atoms with van der Waals surface area (Å²) in [5.41, 5.74) is 6.13. The van der Waals surface area contributed by atoms with Gasteiger partial charge in [-0.1, -0.05) is 0 Å². The lowest BCUT2D eigenvalue weighted by atomic mass is 10.4. The quantitative estimate of drug-likeness (QED) is 0.526. The normalized spacial score (nSPS) is 11.1. The first-order valence-corrected chi connectivity index (χ1v) is 6.71. The molecule has 0 aliphatic rings. The Morgan fingerprint density at radius 1 is 1.41 bits per heavy atom. The van der Waals surface area contributed by atoms with Crippen molar-refractivity contribution in [3.8, 4) is 0 Å². The zero-order chi connectivity index (χ0) is 12.1. The Kier molecular flexibility index (Phi) is 4.11. The summed E-state index contributed by atoms with van der Waals surface area (Å²) in [6, 6.07) is 6.41. The average molecular weight is 267 g/mol. The fraction of sp³-hybridized carbons (Fsp3) is 0.0909. The van der Waals surface area contributed by atoms with E-state index in [-0.39, 0.29) is 5.82 Å². The maximum Gasteiger partial charge on any atom is 0.210 e. The van der Waals surface area contributed by atoms with Crippen LogP contribution in [-0.2, 0) is 5.75 Å². The van der Waals surface area contributed by atoms with E-state index in [1.165, 1.54) is 29.8 Å². The smallest absolute Gasteiger partial charge is 0.210 e. The number of hydrogen-bond donors (Lipinski definition) is 1. The second kappa shape index (κ2) is 5.79. The van der Waals surface area contributed by atoms with Crippen LogP contribution in [0.1, 0.15) is 5.69 Å². The molecule has 1 aromatic heterocycles. The topological polar surface area (TPSA) is 51.3 Å². The first-order valence-electron chi connectivity index (χ1n) is 4.85. The Morgan fingerprint density at radius 2 is 2.18 bits per heavy atom. The molecule has 0 amide bonds. The van der Waals surface area contributed by atoms with Crippen LogP contribution in [0.5, 0.6) is 0 Å². The van der Waals surface area contributed by atoms with Crippen molar-refractivity contribution in [1.82, 2.24) is 4.98 Å².